The fourth-order valence-electron chi connectivity index (χ4n) is 3.66. The fourth-order valence-corrected chi connectivity index (χ4v) is 3.66. The lowest BCUT2D eigenvalue weighted by atomic mass is 10.1. The molecule has 1 amide bonds. The molecule has 4 rings (SSSR count). The van der Waals surface area contributed by atoms with Gasteiger partial charge >= 0.3 is 0 Å². The molecule has 2 heterocycles. The van der Waals surface area contributed by atoms with Gasteiger partial charge in [0.2, 0.25) is 5.91 Å². The molecule has 6 heteroatoms. The van der Waals surface area contributed by atoms with Gasteiger partial charge in [0, 0.05) is 55.1 Å². The molecular weight excluding hydrogens is 364 g/mol. The number of rotatable bonds is 5. The molecule has 0 atom stereocenters. The predicted molar refractivity (Wildman–Crippen MR) is 118 cm³/mol. The number of H-pyrrole nitrogens is 1. The van der Waals surface area contributed by atoms with Crippen molar-refractivity contribution in [3.8, 4) is 0 Å². The number of hydrogen-bond acceptors (Lipinski definition) is 4. The highest BCUT2D eigenvalue weighted by atomic mass is 16.1. The summed E-state index contributed by atoms with van der Waals surface area (Å²) in [6.45, 7) is 4.77. The third-order valence-electron chi connectivity index (χ3n) is 5.42. The lowest BCUT2D eigenvalue weighted by molar-refractivity contribution is -0.120. The quantitative estimate of drug-likeness (QED) is 0.626. The van der Waals surface area contributed by atoms with E-state index in [0.717, 1.165) is 41.8 Å². The second-order valence-electron chi connectivity index (χ2n) is 7.39. The molecule has 0 unspecified atom stereocenters. The van der Waals surface area contributed by atoms with E-state index in [2.05, 4.69) is 51.7 Å². The van der Waals surface area contributed by atoms with E-state index in [1.54, 1.807) is 0 Å². The van der Waals surface area contributed by atoms with Crippen molar-refractivity contribution in [3.05, 3.63) is 70.0 Å². The number of hydrogen-bond donors (Lipinski definition) is 3. The van der Waals surface area contributed by atoms with E-state index in [-0.39, 0.29) is 11.5 Å². The van der Waals surface area contributed by atoms with Gasteiger partial charge in [-0.1, -0.05) is 19.1 Å². The molecule has 1 fully saturated rings. The van der Waals surface area contributed by atoms with E-state index < -0.39 is 0 Å². The van der Waals surface area contributed by atoms with Crippen LogP contribution in [0, 0.1) is 0 Å². The first-order valence-electron chi connectivity index (χ1n) is 10.1. The molecule has 1 aliphatic rings. The van der Waals surface area contributed by atoms with Gasteiger partial charge in [-0.2, -0.15) is 0 Å². The molecule has 1 saturated heterocycles. The molecule has 1 aromatic heterocycles. The molecule has 0 saturated carbocycles. The topological polar surface area (TPSA) is 77.2 Å². The van der Waals surface area contributed by atoms with Crippen molar-refractivity contribution < 1.29 is 4.79 Å². The second kappa shape index (κ2) is 8.39. The Hall–Kier alpha value is -3.28. The lowest BCUT2D eigenvalue weighted by Gasteiger charge is -2.22. The van der Waals surface area contributed by atoms with Crippen LogP contribution < -0.4 is 21.1 Å². The van der Waals surface area contributed by atoms with Gasteiger partial charge in [0.15, 0.2) is 0 Å². The average molecular weight is 390 g/mol. The maximum Gasteiger partial charge on any atom is 0.253 e. The van der Waals surface area contributed by atoms with Gasteiger partial charge in [0.1, 0.15) is 0 Å². The molecule has 2 aromatic carbocycles. The number of anilines is 2. The summed E-state index contributed by atoms with van der Waals surface area (Å²) in [5.74, 6) is 0.109. The van der Waals surface area contributed by atoms with Gasteiger partial charge in [0.25, 0.3) is 5.56 Å². The first-order valence-corrected chi connectivity index (χ1v) is 10.1. The Balaban J connectivity index is 1.44. The Morgan fingerprint density at radius 1 is 1.03 bits per heavy atom. The zero-order valence-electron chi connectivity index (χ0n) is 16.6. The van der Waals surface area contributed by atoms with Crippen molar-refractivity contribution in [2.75, 3.05) is 29.9 Å². The minimum atomic E-state index is -0.0587. The largest absolute Gasteiger partial charge is 0.381 e. The summed E-state index contributed by atoms with van der Waals surface area (Å²) in [6.07, 6.45) is 1.46. The van der Waals surface area contributed by atoms with Crippen LogP contribution in [0.2, 0.25) is 0 Å². The van der Waals surface area contributed by atoms with Crippen LogP contribution in [0.25, 0.3) is 10.9 Å². The number of aromatic nitrogens is 1. The number of nitrogens with one attached hydrogen (secondary N) is 3. The molecule has 150 valence electrons. The first-order chi connectivity index (χ1) is 14.1. The van der Waals surface area contributed by atoms with Crippen molar-refractivity contribution in [1.82, 2.24) is 10.3 Å². The minimum Gasteiger partial charge on any atom is -0.381 e. The Bertz CT molecular complexity index is 1070. The van der Waals surface area contributed by atoms with Gasteiger partial charge in [-0.25, -0.2) is 0 Å². The van der Waals surface area contributed by atoms with Gasteiger partial charge in [-0.15, -0.1) is 0 Å². The van der Waals surface area contributed by atoms with E-state index in [4.69, 9.17) is 0 Å². The molecule has 29 heavy (non-hydrogen) atoms. The normalized spacial score (nSPS) is 14.5. The smallest absolute Gasteiger partial charge is 0.253 e. The number of carbonyl (C=O) groups is 1. The van der Waals surface area contributed by atoms with Crippen molar-refractivity contribution >= 4 is 28.2 Å². The molecule has 6 nitrogen and oxygen atoms in total. The van der Waals surface area contributed by atoms with E-state index >= 15 is 0 Å². The Morgan fingerprint density at radius 3 is 2.66 bits per heavy atom. The van der Waals surface area contributed by atoms with Crippen LogP contribution in [-0.2, 0) is 17.8 Å². The zero-order chi connectivity index (χ0) is 20.2. The van der Waals surface area contributed by atoms with Crippen LogP contribution in [0.3, 0.4) is 0 Å². The molecule has 1 aliphatic heterocycles. The van der Waals surface area contributed by atoms with E-state index in [1.165, 1.54) is 5.56 Å². The number of carbonyl (C=O) groups excluding carboxylic acids is 1. The number of fused-ring (bicyclic) bond motifs is 1. The summed E-state index contributed by atoms with van der Waals surface area (Å²) in [7, 11) is 0. The SMILES string of the molecule is CCc1ccc2cc(CNc3ccc(N4CCNC(=O)CC4)cc3)c(=O)[nH]c2c1. The molecule has 0 spiro atoms. The zero-order valence-corrected chi connectivity index (χ0v) is 16.6. The molecule has 3 aromatic rings. The number of pyridine rings is 1. The lowest BCUT2D eigenvalue weighted by Crippen LogP contribution is -2.28. The van der Waals surface area contributed by atoms with Crippen LogP contribution in [0.15, 0.2) is 53.3 Å². The van der Waals surface area contributed by atoms with Crippen molar-refractivity contribution in [2.24, 2.45) is 0 Å². The number of aryl methyl sites for hydroxylation is 1. The van der Waals surface area contributed by atoms with Gasteiger partial charge in [-0.05, 0) is 53.8 Å². The Kier molecular flexibility index (Phi) is 5.51. The standard InChI is InChI=1S/C23H26N4O2/c1-2-16-3-4-17-14-18(23(29)26-21(17)13-16)15-25-19-5-7-20(8-6-19)27-11-9-22(28)24-10-12-27/h3-8,13-14,25H,2,9-12,15H2,1H3,(H,24,28)(H,26,29). The number of amides is 1. The summed E-state index contributed by atoms with van der Waals surface area (Å²) in [5.41, 5.74) is 4.80. The number of nitrogens with zero attached hydrogens (tertiary/aromatic N) is 1. The summed E-state index contributed by atoms with van der Waals surface area (Å²) < 4.78 is 0. The van der Waals surface area contributed by atoms with Gasteiger partial charge < -0.3 is 20.5 Å². The summed E-state index contributed by atoms with van der Waals surface area (Å²) in [6, 6.07) is 16.3. The third-order valence-corrected chi connectivity index (χ3v) is 5.42. The predicted octanol–water partition coefficient (Wildman–Crippen LogP) is 3.03. The highest BCUT2D eigenvalue weighted by Crippen LogP contribution is 2.20. The van der Waals surface area contributed by atoms with Crippen LogP contribution in [-0.4, -0.2) is 30.5 Å². The second-order valence-corrected chi connectivity index (χ2v) is 7.39. The maximum atomic E-state index is 12.4. The molecule has 0 radical (unpaired) electrons. The molecule has 3 N–H and O–H groups in total. The molecule has 0 bridgehead atoms. The molecular formula is C23H26N4O2. The van der Waals surface area contributed by atoms with Crippen LogP contribution >= 0.6 is 0 Å². The number of benzene rings is 2. The first kappa shape index (κ1) is 19.1. The van der Waals surface area contributed by atoms with E-state index in [0.29, 0.717) is 25.1 Å². The van der Waals surface area contributed by atoms with Gasteiger partial charge in [0.05, 0.1) is 0 Å². The van der Waals surface area contributed by atoms with Crippen LogP contribution in [0.4, 0.5) is 11.4 Å². The summed E-state index contributed by atoms with van der Waals surface area (Å²) in [4.78, 5) is 29.1. The van der Waals surface area contributed by atoms with E-state index in [1.807, 2.05) is 24.3 Å². The van der Waals surface area contributed by atoms with Crippen LogP contribution in [0.1, 0.15) is 24.5 Å². The van der Waals surface area contributed by atoms with Gasteiger partial charge in [-0.3, -0.25) is 9.59 Å². The number of aromatic amines is 1. The van der Waals surface area contributed by atoms with Crippen molar-refractivity contribution in [3.63, 3.8) is 0 Å². The maximum absolute atomic E-state index is 12.4. The highest BCUT2D eigenvalue weighted by molar-refractivity contribution is 5.79. The third kappa shape index (κ3) is 4.42. The average Bonchev–Trinajstić information content (AvgIpc) is 2.96. The van der Waals surface area contributed by atoms with Crippen molar-refractivity contribution in [2.45, 2.75) is 26.3 Å². The monoisotopic (exact) mass is 390 g/mol. The Labute approximate surface area is 169 Å². The summed E-state index contributed by atoms with van der Waals surface area (Å²) >= 11 is 0. The Morgan fingerprint density at radius 2 is 1.86 bits per heavy atom. The minimum absolute atomic E-state index is 0.0587. The van der Waals surface area contributed by atoms with Crippen molar-refractivity contribution in [1.29, 1.82) is 0 Å². The van der Waals surface area contributed by atoms with E-state index in [9.17, 15) is 9.59 Å². The molecule has 0 aliphatic carbocycles. The fraction of sp³-hybridized carbons (Fsp3) is 0.304. The van der Waals surface area contributed by atoms with Crippen LogP contribution in [0.5, 0.6) is 0 Å². The summed E-state index contributed by atoms with van der Waals surface area (Å²) in [5, 5.41) is 7.27. The highest BCUT2D eigenvalue weighted by Gasteiger charge is 2.13.